The molecule has 0 bridgehead atoms. The largest absolute Gasteiger partial charge is 0.496 e. The number of methoxy groups -OCH3 is 1. The molecule has 1 N–H and O–H groups in total. The molecule has 2 aromatic rings. The van der Waals surface area contributed by atoms with Crippen molar-refractivity contribution in [1.29, 1.82) is 0 Å². The van der Waals surface area contributed by atoms with E-state index in [1.165, 1.54) is 5.56 Å². The van der Waals surface area contributed by atoms with E-state index in [1.54, 1.807) is 7.11 Å². The molecule has 5 heteroatoms. The second-order valence-corrected chi connectivity index (χ2v) is 6.29. The van der Waals surface area contributed by atoms with Crippen molar-refractivity contribution in [3.63, 3.8) is 0 Å². The molecule has 0 aromatic heterocycles. The molecule has 122 valence electrons. The Morgan fingerprint density at radius 1 is 1.09 bits per heavy atom. The highest BCUT2D eigenvalue weighted by Crippen LogP contribution is 2.24. The number of rotatable bonds is 6. The van der Waals surface area contributed by atoms with Crippen LogP contribution < -0.4 is 10.1 Å². The molecule has 0 spiro atoms. The first-order chi connectivity index (χ1) is 11.3. The third-order valence-electron chi connectivity index (χ3n) is 3.76. The Hall–Kier alpha value is -1.40. The van der Waals surface area contributed by atoms with Gasteiger partial charge in [0, 0.05) is 28.7 Å². The van der Waals surface area contributed by atoms with Gasteiger partial charge < -0.3 is 19.5 Å². The standard InChI is InChI=1S/C18H20BrNO3/c1-21-17-7-6-16(19)10-15(17)12-20-11-13-2-4-14(5-3-13)18-22-8-9-23-18/h2-7,10,18,20H,8-9,11-12H2,1H3. The fourth-order valence-electron chi connectivity index (χ4n) is 2.57. The van der Waals surface area contributed by atoms with E-state index in [0.717, 1.165) is 34.4 Å². The minimum absolute atomic E-state index is 0.206. The summed E-state index contributed by atoms with van der Waals surface area (Å²) in [6.07, 6.45) is -0.206. The van der Waals surface area contributed by atoms with E-state index in [2.05, 4.69) is 51.6 Å². The lowest BCUT2D eigenvalue weighted by Gasteiger charge is -2.12. The van der Waals surface area contributed by atoms with Gasteiger partial charge in [0.15, 0.2) is 6.29 Å². The van der Waals surface area contributed by atoms with Crippen molar-refractivity contribution in [2.45, 2.75) is 19.4 Å². The highest BCUT2D eigenvalue weighted by atomic mass is 79.9. The smallest absolute Gasteiger partial charge is 0.184 e. The summed E-state index contributed by atoms with van der Waals surface area (Å²) < 4.78 is 17.4. The summed E-state index contributed by atoms with van der Waals surface area (Å²) in [5, 5.41) is 3.45. The molecular weight excluding hydrogens is 358 g/mol. The molecule has 1 aliphatic heterocycles. The van der Waals surface area contributed by atoms with Gasteiger partial charge >= 0.3 is 0 Å². The lowest BCUT2D eigenvalue weighted by molar-refractivity contribution is -0.0441. The summed E-state index contributed by atoms with van der Waals surface area (Å²) in [7, 11) is 1.69. The molecule has 0 amide bonds. The number of ether oxygens (including phenoxy) is 3. The summed E-state index contributed by atoms with van der Waals surface area (Å²) in [5.74, 6) is 0.895. The van der Waals surface area contributed by atoms with Crippen LogP contribution in [0.1, 0.15) is 23.0 Å². The Bertz CT molecular complexity index is 639. The molecule has 0 radical (unpaired) electrons. The second kappa shape index (κ2) is 7.93. The summed E-state index contributed by atoms with van der Waals surface area (Å²) in [6, 6.07) is 14.4. The maximum absolute atomic E-state index is 5.50. The van der Waals surface area contributed by atoms with Crippen LogP contribution in [0.5, 0.6) is 5.75 Å². The Morgan fingerprint density at radius 2 is 1.83 bits per heavy atom. The van der Waals surface area contributed by atoms with Gasteiger partial charge in [-0.1, -0.05) is 40.2 Å². The molecular formula is C18H20BrNO3. The van der Waals surface area contributed by atoms with Crippen LogP contribution >= 0.6 is 15.9 Å². The number of halogens is 1. The first kappa shape index (κ1) is 16.5. The Kier molecular flexibility index (Phi) is 5.67. The van der Waals surface area contributed by atoms with Crippen LogP contribution in [0.25, 0.3) is 0 Å². The quantitative estimate of drug-likeness (QED) is 0.830. The van der Waals surface area contributed by atoms with Crippen molar-refractivity contribution >= 4 is 15.9 Å². The van der Waals surface area contributed by atoms with Crippen LogP contribution in [0.15, 0.2) is 46.9 Å². The summed E-state index contributed by atoms with van der Waals surface area (Å²) >= 11 is 3.50. The maximum atomic E-state index is 5.50. The van der Waals surface area contributed by atoms with Crippen molar-refractivity contribution in [1.82, 2.24) is 5.32 Å². The van der Waals surface area contributed by atoms with Crippen molar-refractivity contribution < 1.29 is 14.2 Å². The molecule has 1 aliphatic rings. The molecule has 1 fully saturated rings. The van der Waals surface area contributed by atoms with Crippen LogP contribution in [0.2, 0.25) is 0 Å². The average Bonchev–Trinajstić information content (AvgIpc) is 3.10. The van der Waals surface area contributed by atoms with Gasteiger partial charge in [-0.2, -0.15) is 0 Å². The first-order valence-electron chi connectivity index (χ1n) is 7.61. The highest BCUT2D eigenvalue weighted by Gasteiger charge is 2.17. The topological polar surface area (TPSA) is 39.7 Å². The van der Waals surface area contributed by atoms with Crippen molar-refractivity contribution in [2.75, 3.05) is 20.3 Å². The first-order valence-corrected chi connectivity index (χ1v) is 8.41. The van der Waals surface area contributed by atoms with Gasteiger partial charge in [0.05, 0.1) is 20.3 Å². The summed E-state index contributed by atoms with van der Waals surface area (Å²) in [6.45, 7) is 2.88. The average molecular weight is 378 g/mol. The Labute approximate surface area is 144 Å². The molecule has 0 atom stereocenters. The SMILES string of the molecule is COc1ccc(Br)cc1CNCc1ccc(C2OCCO2)cc1. The second-order valence-electron chi connectivity index (χ2n) is 5.37. The van der Waals surface area contributed by atoms with Gasteiger partial charge in [0.1, 0.15) is 5.75 Å². The zero-order valence-electron chi connectivity index (χ0n) is 13.0. The van der Waals surface area contributed by atoms with E-state index >= 15 is 0 Å². The van der Waals surface area contributed by atoms with Crippen LogP contribution in [0, 0.1) is 0 Å². The van der Waals surface area contributed by atoms with Gasteiger partial charge in [-0.05, 0) is 23.8 Å². The Morgan fingerprint density at radius 3 is 2.52 bits per heavy atom. The van der Waals surface area contributed by atoms with Gasteiger partial charge in [0.2, 0.25) is 0 Å². The zero-order chi connectivity index (χ0) is 16.1. The van der Waals surface area contributed by atoms with E-state index in [1.807, 2.05) is 12.1 Å². The van der Waals surface area contributed by atoms with Crippen molar-refractivity contribution in [3.8, 4) is 5.75 Å². The molecule has 0 saturated carbocycles. The molecule has 1 saturated heterocycles. The van der Waals surface area contributed by atoms with Gasteiger partial charge in [-0.25, -0.2) is 0 Å². The molecule has 23 heavy (non-hydrogen) atoms. The molecule has 2 aromatic carbocycles. The number of benzene rings is 2. The number of nitrogens with one attached hydrogen (secondary N) is 1. The third-order valence-corrected chi connectivity index (χ3v) is 4.25. The zero-order valence-corrected chi connectivity index (χ0v) is 14.6. The minimum atomic E-state index is -0.206. The summed E-state index contributed by atoms with van der Waals surface area (Å²) in [4.78, 5) is 0. The van der Waals surface area contributed by atoms with Crippen LogP contribution in [0.4, 0.5) is 0 Å². The normalized spacial score (nSPS) is 15.0. The lowest BCUT2D eigenvalue weighted by Crippen LogP contribution is -2.13. The number of hydrogen-bond donors (Lipinski definition) is 1. The van der Waals surface area contributed by atoms with Crippen molar-refractivity contribution in [3.05, 3.63) is 63.6 Å². The van der Waals surface area contributed by atoms with E-state index in [4.69, 9.17) is 14.2 Å². The lowest BCUT2D eigenvalue weighted by atomic mass is 10.1. The Balaban J connectivity index is 1.55. The fraction of sp³-hybridized carbons (Fsp3) is 0.333. The predicted molar refractivity (Wildman–Crippen MR) is 92.3 cm³/mol. The van der Waals surface area contributed by atoms with Gasteiger partial charge in [-0.3, -0.25) is 0 Å². The van der Waals surface area contributed by atoms with E-state index in [0.29, 0.717) is 13.2 Å². The maximum Gasteiger partial charge on any atom is 0.184 e. The van der Waals surface area contributed by atoms with E-state index in [9.17, 15) is 0 Å². The van der Waals surface area contributed by atoms with Crippen LogP contribution in [0.3, 0.4) is 0 Å². The van der Waals surface area contributed by atoms with Gasteiger partial charge in [0.25, 0.3) is 0 Å². The van der Waals surface area contributed by atoms with Crippen LogP contribution in [-0.2, 0) is 22.6 Å². The predicted octanol–water partition coefficient (Wildman–Crippen LogP) is 3.79. The monoisotopic (exact) mass is 377 g/mol. The molecule has 0 unspecified atom stereocenters. The minimum Gasteiger partial charge on any atom is -0.496 e. The van der Waals surface area contributed by atoms with E-state index in [-0.39, 0.29) is 6.29 Å². The fourth-order valence-corrected chi connectivity index (χ4v) is 2.98. The number of hydrogen-bond acceptors (Lipinski definition) is 4. The molecule has 1 heterocycles. The highest BCUT2D eigenvalue weighted by molar-refractivity contribution is 9.10. The summed E-state index contributed by atoms with van der Waals surface area (Å²) in [5.41, 5.74) is 3.42. The molecule has 4 nitrogen and oxygen atoms in total. The van der Waals surface area contributed by atoms with Crippen LogP contribution in [-0.4, -0.2) is 20.3 Å². The van der Waals surface area contributed by atoms with E-state index < -0.39 is 0 Å². The molecule has 3 rings (SSSR count). The molecule has 0 aliphatic carbocycles. The van der Waals surface area contributed by atoms with Gasteiger partial charge in [-0.15, -0.1) is 0 Å². The van der Waals surface area contributed by atoms with Crippen molar-refractivity contribution in [2.24, 2.45) is 0 Å². The third kappa shape index (κ3) is 4.32.